The van der Waals surface area contributed by atoms with Gasteiger partial charge in [-0.2, -0.15) is 0 Å². The molecular weight excluding hydrogens is 306 g/mol. The van der Waals surface area contributed by atoms with Crippen LogP contribution >= 0.6 is 0 Å². The molecule has 0 fully saturated rings. The first-order valence-electron chi connectivity index (χ1n) is 7.71. The summed E-state index contributed by atoms with van der Waals surface area (Å²) >= 11 is 0. The highest BCUT2D eigenvalue weighted by atomic mass is 16.4. The highest BCUT2D eigenvalue weighted by Crippen LogP contribution is 2.17. The molecule has 1 heterocycles. The number of likely N-dealkylation sites (N-methyl/N-ethyl adjacent to an activating group) is 1. The maximum absolute atomic E-state index is 12.5. The van der Waals surface area contributed by atoms with Gasteiger partial charge in [0.05, 0.1) is 5.52 Å². The molecule has 124 valence electrons. The predicted octanol–water partition coefficient (Wildman–Crippen LogP) is 2.58. The Balaban J connectivity index is 1.67. The van der Waals surface area contributed by atoms with E-state index in [9.17, 15) is 9.59 Å². The van der Waals surface area contributed by atoms with Crippen LogP contribution in [0.25, 0.3) is 11.1 Å². The van der Waals surface area contributed by atoms with Gasteiger partial charge in [-0.25, -0.2) is 4.79 Å². The van der Waals surface area contributed by atoms with Gasteiger partial charge in [-0.3, -0.25) is 9.78 Å². The molecule has 1 amide bonds. The first kappa shape index (κ1) is 15.9. The Kier molecular flexibility index (Phi) is 4.37. The topological polar surface area (TPSA) is 78.3 Å². The number of nitrogens with one attached hydrogen (secondary N) is 2. The van der Waals surface area contributed by atoms with Crippen molar-refractivity contribution >= 4 is 22.7 Å². The quantitative estimate of drug-likeness (QED) is 0.756. The minimum absolute atomic E-state index is 0.0142. The molecule has 1 unspecified atom stereocenters. The van der Waals surface area contributed by atoms with E-state index in [2.05, 4.69) is 10.3 Å². The van der Waals surface area contributed by atoms with Crippen molar-refractivity contribution in [2.24, 2.45) is 0 Å². The molecule has 0 spiro atoms. The number of carbonyl (C=O) groups excluding carboxylic acids is 1. The molecule has 2 N–H and O–H groups in total. The van der Waals surface area contributed by atoms with Crippen LogP contribution in [-0.2, 0) is 11.3 Å². The van der Waals surface area contributed by atoms with Crippen molar-refractivity contribution in [3.8, 4) is 0 Å². The van der Waals surface area contributed by atoms with Gasteiger partial charge in [0.2, 0.25) is 5.91 Å². The van der Waals surface area contributed by atoms with Crippen molar-refractivity contribution in [2.45, 2.75) is 19.5 Å². The Hall–Kier alpha value is -3.02. The Labute approximate surface area is 139 Å². The van der Waals surface area contributed by atoms with Gasteiger partial charge in [0.15, 0.2) is 5.58 Å². The van der Waals surface area contributed by atoms with Crippen LogP contribution in [0, 0.1) is 0 Å². The molecule has 0 aliphatic carbocycles. The van der Waals surface area contributed by atoms with E-state index in [0.717, 1.165) is 11.3 Å². The lowest BCUT2D eigenvalue weighted by Gasteiger charge is -2.23. The smallest absolute Gasteiger partial charge is 0.408 e. The summed E-state index contributed by atoms with van der Waals surface area (Å²) in [7, 11) is 1.78. The summed E-state index contributed by atoms with van der Waals surface area (Å²) in [5, 5.41) is 3.15. The summed E-state index contributed by atoms with van der Waals surface area (Å²) in [5.41, 5.74) is 2.92. The van der Waals surface area contributed by atoms with Gasteiger partial charge in [0.25, 0.3) is 0 Å². The number of fused-ring (bicyclic) bond motifs is 1. The Bertz CT molecular complexity index is 899. The van der Waals surface area contributed by atoms with Crippen LogP contribution in [-0.4, -0.2) is 28.9 Å². The van der Waals surface area contributed by atoms with Crippen molar-refractivity contribution < 1.29 is 9.21 Å². The van der Waals surface area contributed by atoms with Crippen molar-refractivity contribution in [3.63, 3.8) is 0 Å². The van der Waals surface area contributed by atoms with Crippen molar-refractivity contribution in [1.29, 1.82) is 0 Å². The molecule has 0 radical (unpaired) electrons. The van der Waals surface area contributed by atoms with Crippen LogP contribution < -0.4 is 11.1 Å². The number of anilines is 1. The summed E-state index contributed by atoms with van der Waals surface area (Å²) < 4.78 is 4.97. The van der Waals surface area contributed by atoms with E-state index in [1.165, 1.54) is 0 Å². The van der Waals surface area contributed by atoms with Crippen LogP contribution in [0.3, 0.4) is 0 Å². The number of benzene rings is 2. The lowest BCUT2D eigenvalue weighted by Crippen LogP contribution is -2.38. The lowest BCUT2D eigenvalue weighted by molar-refractivity contribution is -0.130. The number of carbonyl (C=O) groups is 1. The highest BCUT2D eigenvalue weighted by molar-refractivity contribution is 5.85. The molecule has 0 saturated heterocycles. The Morgan fingerprint density at radius 3 is 2.75 bits per heavy atom. The highest BCUT2D eigenvalue weighted by Gasteiger charge is 2.17. The van der Waals surface area contributed by atoms with E-state index in [1.54, 1.807) is 30.1 Å². The van der Waals surface area contributed by atoms with E-state index in [0.29, 0.717) is 17.6 Å². The molecule has 3 rings (SSSR count). The van der Waals surface area contributed by atoms with Gasteiger partial charge in [0.1, 0.15) is 6.04 Å². The van der Waals surface area contributed by atoms with E-state index >= 15 is 0 Å². The largest absolute Gasteiger partial charge is 0.417 e. The zero-order valence-electron chi connectivity index (χ0n) is 13.6. The fraction of sp³-hybridized carbons (Fsp3) is 0.222. The Morgan fingerprint density at radius 1 is 1.25 bits per heavy atom. The van der Waals surface area contributed by atoms with Gasteiger partial charge >= 0.3 is 5.76 Å². The second kappa shape index (κ2) is 6.62. The van der Waals surface area contributed by atoms with Gasteiger partial charge in [-0.05, 0) is 30.7 Å². The van der Waals surface area contributed by atoms with Gasteiger partial charge < -0.3 is 14.6 Å². The number of H-pyrrole nitrogens is 1. The molecule has 3 aromatic rings. The molecule has 0 aliphatic rings. The van der Waals surface area contributed by atoms with Gasteiger partial charge in [-0.1, -0.05) is 30.3 Å². The molecule has 1 atom stereocenters. The summed E-state index contributed by atoms with van der Waals surface area (Å²) in [6, 6.07) is 14.7. The first-order valence-corrected chi connectivity index (χ1v) is 7.71. The molecule has 6 nitrogen and oxygen atoms in total. The first-order chi connectivity index (χ1) is 11.5. The lowest BCUT2D eigenvalue weighted by atomic mass is 10.2. The van der Waals surface area contributed by atoms with Crippen molar-refractivity contribution in [1.82, 2.24) is 9.88 Å². The van der Waals surface area contributed by atoms with Gasteiger partial charge in [-0.15, -0.1) is 0 Å². The fourth-order valence-electron chi connectivity index (χ4n) is 2.62. The van der Waals surface area contributed by atoms with E-state index in [-0.39, 0.29) is 5.91 Å². The number of amides is 1. The monoisotopic (exact) mass is 325 g/mol. The third kappa shape index (κ3) is 3.48. The van der Waals surface area contributed by atoms with Crippen molar-refractivity contribution in [2.75, 3.05) is 12.4 Å². The third-order valence-electron chi connectivity index (χ3n) is 3.81. The molecule has 2 aromatic carbocycles. The van der Waals surface area contributed by atoms with Crippen LogP contribution in [0.1, 0.15) is 12.5 Å². The summed E-state index contributed by atoms with van der Waals surface area (Å²) in [6.45, 7) is 2.37. The number of rotatable bonds is 5. The van der Waals surface area contributed by atoms with Crippen LogP contribution in [0.5, 0.6) is 0 Å². The van der Waals surface area contributed by atoms with Crippen molar-refractivity contribution in [3.05, 3.63) is 64.6 Å². The standard InChI is InChI=1S/C18H19N3O3/c1-12(17(22)21(2)11-13-6-4-3-5-7-13)19-14-8-9-16-15(10-14)20-18(23)24-16/h3-10,12,19H,11H2,1-2H3,(H,20,23). The molecule has 1 aromatic heterocycles. The number of oxazole rings is 1. The number of hydrogen-bond acceptors (Lipinski definition) is 4. The summed E-state index contributed by atoms with van der Waals surface area (Å²) in [6.07, 6.45) is 0. The van der Waals surface area contributed by atoms with Crippen LogP contribution in [0.15, 0.2) is 57.7 Å². The third-order valence-corrected chi connectivity index (χ3v) is 3.81. The molecule has 24 heavy (non-hydrogen) atoms. The molecule has 0 bridgehead atoms. The van der Waals surface area contributed by atoms with E-state index in [4.69, 9.17) is 4.42 Å². The number of nitrogens with zero attached hydrogens (tertiary/aromatic N) is 1. The van der Waals surface area contributed by atoms with Crippen LogP contribution in [0.4, 0.5) is 5.69 Å². The predicted molar refractivity (Wildman–Crippen MR) is 92.8 cm³/mol. The molecule has 0 aliphatic heterocycles. The molecule has 0 saturated carbocycles. The average Bonchev–Trinajstić information content (AvgIpc) is 2.94. The maximum atomic E-state index is 12.5. The van der Waals surface area contributed by atoms with E-state index in [1.807, 2.05) is 37.3 Å². The zero-order chi connectivity index (χ0) is 17.1. The SMILES string of the molecule is CC(Nc1ccc2oc(=O)[nH]c2c1)C(=O)N(C)Cc1ccccc1. The number of aromatic nitrogens is 1. The molecule has 6 heteroatoms. The number of hydrogen-bond donors (Lipinski definition) is 2. The average molecular weight is 325 g/mol. The maximum Gasteiger partial charge on any atom is 0.417 e. The Morgan fingerprint density at radius 2 is 2.00 bits per heavy atom. The fourth-order valence-corrected chi connectivity index (χ4v) is 2.62. The van der Waals surface area contributed by atoms with Crippen LogP contribution in [0.2, 0.25) is 0 Å². The summed E-state index contributed by atoms with van der Waals surface area (Å²) in [5.74, 6) is -0.506. The normalized spacial score (nSPS) is 12.1. The van der Waals surface area contributed by atoms with Gasteiger partial charge in [0, 0.05) is 19.3 Å². The zero-order valence-corrected chi connectivity index (χ0v) is 13.6. The minimum atomic E-state index is -0.492. The minimum Gasteiger partial charge on any atom is -0.408 e. The van der Waals surface area contributed by atoms with E-state index < -0.39 is 11.8 Å². The second-order valence-corrected chi connectivity index (χ2v) is 5.77. The second-order valence-electron chi connectivity index (χ2n) is 5.77. The number of aromatic amines is 1. The summed E-state index contributed by atoms with van der Waals surface area (Å²) in [4.78, 5) is 28.0. The molecular formula is C18H19N3O3.